The number of nitrogens with one attached hydrogen (secondary N) is 1. The van der Waals surface area contributed by atoms with E-state index in [4.69, 9.17) is 4.74 Å². The molecule has 1 aromatic rings. The lowest BCUT2D eigenvalue weighted by atomic mass is 9.88. The van der Waals surface area contributed by atoms with E-state index in [0.29, 0.717) is 12.1 Å². The quantitative estimate of drug-likeness (QED) is 0.892. The van der Waals surface area contributed by atoms with E-state index in [1.165, 1.54) is 19.1 Å². The molecule has 0 saturated heterocycles. The summed E-state index contributed by atoms with van der Waals surface area (Å²) in [5, 5.41) is 3.40. The molecular formula is C14H19F2NO. The van der Waals surface area contributed by atoms with Crippen molar-refractivity contribution in [3.8, 4) is 5.75 Å². The molecular weight excluding hydrogens is 236 g/mol. The molecule has 0 aromatic heterocycles. The molecule has 1 saturated carbocycles. The van der Waals surface area contributed by atoms with Crippen LogP contribution in [0.3, 0.4) is 0 Å². The van der Waals surface area contributed by atoms with Gasteiger partial charge < -0.3 is 10.1 Å². The summed E-state index contributed by atoms with van der Waals surface area (Å²) in [6, 6.07) is 3.41. The minimum Gasteiger partial charge on any atom is -0.490 e. The van der Waals surface area contributed by atoms with E-state index < -0.39 is 11.6 Å². The number of halogens is 2. The molecule has 0 unspecified atom stereocenters. The predicted octanol–water partition coefficient (Wildman–Crippen LogP) is 3.18. The molecule has 1 aliphatic rings. The van der Waals surface area contributed by atoms with Crippen molar-refractivity contribution in [2.24, 2.45) is 0 Å². The Hall–Kier alpha value is -1.16. The van der Waals surface area contributed by atoms with Gasteiger partial charge >= 0.3 is 0 Å². The molecule has 0 aliphatic heterocycles. The average molecular weight is 255 g/mol. The van der Waals surface area contributed by atoms with Crippen LogP contribution in [0.2, 0.25) is 0 Å². The molecule has 0 atom stereocenters. The Labute approximate surface area is 106 Å². The maximum Gasteiger partial charge on any atom is 0.132 e. The first-order valence-electron chi connectivity index (χ1n) is 6.34. The van der Waals surface area contributed by atoms with Gasteiger partial charge in [-0.3, -0.25) is 0 Å². The van der Waals surface area contributed by atoms with Crippen LogP contribution in [-0.2, 0) is 0 Å². The summed E-state index contributed by atoms with van der Waals surface area (Å²) < 4.78 is 32.2. The van der Waals surface area contributed by atoms with Gasteiger partial charge in [-0.25, -0.2) is 8.78 Å². The summed E-state index contributed by atoms with van der Waals surface area (Å²) in [4.78, 5) is 0. The monoisotopic (exact) mass is 255 g/mol. The zero-order chi connectivity index (χ0) is 13.3. The molecule has 0 bridgehead atoms. The molecule has 0 amide bonds. The lowest BCUT2D eigenvalue weighted by molar-refractivity contribution is 0.0809. The summed E-state index contributed by atoms with van der Waals surface area (Å²) in [7, 11) is 0. The zero-order valence-corrected chi connectivity index (χ0v) is 11.0. The predicted molar refractivity (Wildman–Crippen MR) is 66.8 cm³/mol. The van der Waals surface area contributed by atoms with Gasteiger partial charge in [0, 0.05) is 29.8 Å². The van der Waals surface area contributed by atoms with Crippen molar-refractivity contribution in [1.82, 2.24) is 5.32 Å². The van der Waals surface area contributed by atoms with E-state index in [2.05, 4.69) is 19.2 Å². The minimum absolute atomic E-state index is 0.0373. The van der Waals surface area contributed by atoms with Crippen molar-refractivity contribution < 1.29 is 13.5 Å². The molecule has 0 heterocycles. The third-order valence-electron chi connectivity index (χ3n) is 3.22. The lowest BCUT2D eigenvalue weighted by Crippen LogP contribution is -2.49. The lowest BCUT2D eigenvalue weighted by Gasteiger charge is -2.37. The Morgan fingerprint density at radius 2 is 1.78 bits per heavy atom. The van der Waals surface area contributed by atoms with Gasteiger partial charge in [-0.1, -0.05) is 13.8 Å². The van der Waals surface area contributed by atoms with E-state index in [0.717, 1.165) is 12.8 Å². The van der Waals surface area contributed by atoms with Gasteiger partial charge in [0.2, 0.25) is 0 Å². The summed E-state index contributed by atoms with van der Waals surface area (Å²) in [6.07, 6.45) is 1.83. The molecule has 1 fully saturated rings. The van der Waals surface area contributed by atoms with Gasteiger partial charge in [0.05, 0.1) is 0 Å². The van der Waals surface area contributed by atoms with Gasteiger partial charge in [-0.05, 0) is 19.8 Å². The van der Waals surface area contributed by atoms with Crippen molar-refractivity contribution in [3.63, 3.8) is 0 Å². The van der Waals surface area contributed by atoms with Gasteiger partial charge in [-0.2, -0.15) is 0 Å². The first kappa shape index (κ1) is 13.3. The van der Waals surface area contributed by atoms with Crippen LogP contribution in [0.1, 0.15) is 32.3 Å². The first-order chi connectivity index (χ1) is 8.45. The summed E-state index contributed by atoms with van der Waals surface area (Å²) in [6.45, 7) is 5.61. The highest BCUT2D eigenvalue weighted by Gasteiger charge is 2.31. The van der Waals surface area contributed by atoms with E-state index >= 15 is 0 Å². The number of hydrogen-bond acceptors (Lipinski definition) is 2. The van der Waals surface area contributed by atoms with Crippen LogP contribution >= 0.6 is 0 Å². The molecule has 4 heteroatoms. The second-order valence-corrected chi connectivity index (χ2v) is 5.24. The maximum atomic E-state index is 13.3. The highest BCUT2D eigenvalue weighted by atomic mass is 19.1. The van der Waals surface area contributed by atoms with Crippen LogP contribution < -0.4 is 10.1 Å². The van der Waals surface area contributed by atoms with E-state index in [1.54, 1.807) is 0 Å². The second-order valence-electron chi connectivity index (χ2n) is 5.24. The molecule has 1 N–H and O–H groups in total. The molecule has 1 aromatic carbocycles. The van der Waals surface area contributed by atoms with Crippen molar-refractivity contribution in [1.29, 1.82) is 0 Å². The topological polar surface area (TPSA) is 21.3 Å². The standard InChI is InChI=1S/C14H19F2NO/c1-8(2)17-10-4-11(5-10)18-12-6-13(15)9(3)14(16)7-12/h6-8,10-11,17H,4-5H2,1-3H3. The summed E-state index contributed by atoms with van der Waals surface area (Å²) in [5.41, 5.74) is 0.0373. The van der Waals surface area contributed by atoms with E-state index in [-0.39, 0.29) is 17.4 Å². The molecule has 2 nitrogen and oxygen atoms in total. The highest BCUT2D eigenvalue weighted by molar-refractivity contribution is 5.30. The number of ether oxygens (including phenoxy) is 1. The second kappa shape index (κ2) is 5.22. The van der Waals surface area contributed by atoms with Crippen LogP contribution in [0, 0.1) is 18.6 Å². The van der Waals surface area contributed by atoms with Crippen molar-refractivity contribution >= 4 is 0 Å². The molecule has 100 valence electrons. The fourth-order valence-corrected chi connectivity index (χ4v) is 2.15. The smallest absolute Gasteiger partial charge is 0.132 e. The Balaban J connectivity index is 1.89. The van der Waals surface area contributed by atoms with Crippen LogP contribution in [0.5, 0.6) is 5.75 Å². The highest BCUT2D eigenvalue weighted by Crippen LogP contribution is 2.28. The van der Waals surface area contributed by atoms with Crippen LogP contribution in [-0.4, -0.2) is 18.2 Å². The summed E-state index contributed by atoms with van der Waals surface area (Å²) in [5.74, 6) is -0.828. The van der Waals surface area contributed by atoms with Crippen LogP contribution in [0.4, 0.5) is 8.78 Å². The van der Waals surface area contributed by atoms with Crippen molar-refractivity contribution in [3.05, 3.63) is 29.3 Å². The Morgan fingerprint density at radius 3 is 2.28 bits per heavy atom. The van der Waals surface area contributed by atoms with Crippen molar-refractivity contribution in [2.75, 3.05) is 0 Å². The largest absolute Gasteiger partial charge is 0.490 e. The van der Waals surface area contributed by atoms with Gasteiger partial charge in [0.1, 0.15) is 23.5 Å². The number of benzene rings is 1. The fraction of sp³-hybridized carbons (Fsp3) is 0.571. The first-order valence-corrected chi connectivity index (χ1v) is 6.34. The van der Waals surface area contributed by atoms with Crippen molar-refractivity contribution in [2.45, 2.75) is 51.8 Å². The van der Waals surface area contributed by atoms with E-state index in [1.807, 2.05) is 0 Å². The van der Waals surface area contributed by atoms with Crippen LogP contribution in [0.25, 0.3) is 0 Å². The van der Waals surface area contributed by atoms with Gasteiger partial charge in [0.15, 0.2) is 0 Å². The Morgan fingerprint density at radius 1 is 1.22 bits per heavy atom. The Bertz CT molecular complexity index is 405. The molecule has 0 radical (unpaired) electrons. The SMILES string of the molecule is Cc1c(F)cc(OC2CC(NC(C)C)C2)cc1F. The zero-order valence-electron chi connectivity index (χ0n) is 11.0. The molecule has 18 heavy (non-hydrogen) atoms. The third kappa shape index (κ3) is 2.99. The van der Waals surface area contributed by atoms with Gasteiger partial charge in [-0.15, -0.1) is 0 Å². The minimum atomic E-state index is -0.554. The number of rotatable bonds is 4. The summed E-state index contributed by atoms with van der Waals surface area (Å²) >= 11 is 0. The third-order valence-corrected chi connectivity index (χ3v) is 3.22. The molecule has 1 aliphatic carbocycles. The van der Waals surface area contributed by atoms with E-state index in [9.17, 15) is 8.78 Å². The molecule has 0 spiro atoms. The fourth-order valence-electron chi connectivity index (χ4n) is 2.15. The maximum absolute atomic E-state index is 13.3. The normalized spacial score (nSPS) is 23.0. The van der Waals surface area contributed by atoms with Gasteiger partial charge in [0.25, 0.3) is 0 Å². The average Bonchev–Trinajstić information content (AvgIpc) is 2.22. The Kier molecular flexibility index (Phi) is 3.85. The molecule has 2 rings (SSSR count). The van der Waals surface area contributed by atoms with Crippen LogP contribution in [0.15, 0.2) is 12.1 Å². The number of hydrogen-bond donors (Lipinski definition) is 1.